The number of hydrogen-bond acceptors (Lipinski definition) is 3. The van der Waals surface area contributed by atoms with Gasteiger partial charge in [-0.2, -0.15) is 0 Å². The second-order valence-corrected chi connectivity index (χ2v) is 4.84. The first-order valence-electron chi connectivity index (χ1n) is 5.53. The molecule has 0 bridgehead atoms. The van der Waals surface area contributed by atoms with Gasteiger partial charge in [-0.25, -0.2) is 17.6 Å². The van der Waals surface area contributed by atoms with Crippen molar-refractivity contribution in [2.24, 2.45) is 0 Å². The number of benzene rings is 1. The van der Waals surface area contributed by atoms with Crippen molar-refractivity contribution in [2.45, 2.75) is 24.8 Å². The number of nitro benzene ring substituents is 1. The number of piperidine rings is 1. The molecule has 0 spiro atoms. The number of nitrogens with one attached hydrogen (secondary N) is 1. The Balaban J connectivity index is 2.55. The zero-order valence-electron chi connectivity index (χ0n) is 9.83. The van der Waals surface area contributed by atoms with Crippen LogP contribution in [0.25, 0.3) is 0 Å². The van der Waals surface area contributed by atoms with Gasteiger partial charge in [0.1, 0.15) is 6.04 Å². The summed E-state index contributed by atoms with van der Waals surface area (Å²) in [7, 11) is 0. The van der Waals surface area contributed by atoms with E-state index < -0.39 is 46.2 Å². The monoisotopic (exact) mass is 308 g/mol. The molecule has 0 radical (unpaired) electrons. The Kier molecular flexibility index (Phi) is 3.63. The molecule has 1 saturated heterocycles. The van der Waals surface area contributed by atoms with E-state index in [4.69, 9.17) is 12.2 Å². The molecule has 4 nitrogen and oxygen atoms in total. The van der Waals surface area contributed by atoms with Crippen molar-refractivity contribution in [2.75, 3.05) is 0 Å². The van der Waals surface area contributed by atoms with Crippen LogP contribution in [0.1, 0.15) is 24.4 Å². The zero-order valence-corrected chi connectivity index (χ0v) is 10.6. The van der Waals surface area contributed by atoms with E-state index in [1.165, 1.54) is 0 Å². The topological polar surface area (TPSA) is 55.2 Å². The number of thiocarbonyl (C=S) groups is 1. The number of nitrogens with zero attached hydrogens (tertiary/aromatic N) is 1. The second kappa shape index (κ2) is 4.97. The largest absolute Gasteiger partial charge is 0.367 e. The average molecular weight is 308 g/mol. The van der Waals surface area contributed by atoms with Gasteiger partial charge in [0.2, 0.25) is 0 Å². The Labute approximate surface area is 115 Å². The Hall–Kier alpha value is -1.77. The van der Waals surface area contributed by atoms with Gasteiger partial charge in [0.05, 0.1) is 16.0 Å². The molecule has 1 N–H and O–H groups in total. The smallest absolute Gasteiger partial charge is 0.272 e. The van der Waals surface area contributed by atoms with Crippen LogP contribution in [0.5, 0.6) is 0 Å². The SMILES string of the molecule is O=[N+]([O-])c1cc(F)c(F)c(C2NC(=S)CCC2(F)F)c1. The summed E-state index contributed by atoms with van der Waals surface area (Å²) in [5.74, 6) is -6.48. The lowest BCUT2D eigenvalue weighted by Crippen LogP contribution is -2.45. The minimum atomic E-state index is -3.38. The maximum absolute atomic E-state index is 13.8. The van der Waals surface area contributed by atoms with Crippen LogP contribution in [-0.4, -0.2) is 15.8 Å². The van der Waals surface area contributed by atoms with E-state index >= 15 is 0 Å². The lowest BCUT2D eigenvalue weighted by atomic mass is 9.92. The van der Waals surface area contributed by atoms with Crippen LogP contribution in [0.2, 0.25) is 0 Å². The molecule has 1 aromatic rings. The van der Waals surface area contributed by atoms with E-state index in [1.807, 2.05) is 0 Å². The van der Waals surface area contributed by atoms with E-state index in [1.54, 1.807) is 0 Å². The van der Waals surface area contributed by atoms with Gasteiger partial charge < -0.3 is 5.32 Å². The fourth-order valence-electron chi connectivity index (χ4n) is 1.98. The van der Waals surface area contributed by atoms with E-state index in [9.17, 15) is 27.7 Å². The first-order valence-corrected chi connectivity index (χ1v) is 5.93. The molecule has 1 heterocycles. The first-order chi connectivity index (χ1) is 9.22. The highest BCUT2D eigenvalue weighted by Crippen LogP contribution is 2.40. The average Bonchev–Trinajstić information content (AvgIpc) is 2.35. The Morgan fingerprint density at radius 1 is 1.40 bits per heavy atom. The third-order valence-electron chi connectivity index (χ3n) is 2.98. The summed E-state index contributed by atoms with van der Waals surface area (Å²) < 4.78 is 54.6. The summed E-state index contributed by atoms with van der Waals surface area (Å²) in [5, 5.41) is 12.8. The summed E-state index contributed by atoms with van der Waals surface area (Å²) in [6.45, 7) is 0. The van der Waals surface area contributed by atoms with E-state index in [0.29, 0.717) is 12.1 Å². The lowest BCUT2D eigenvalue weighted by Gasteiger charge is -2.33. The van der Waals surface area contributed by atoms with E-state index in [0.717, 1.165) is 0 Å². The van der Waals surface area contributed by atoms with Gasteiger partial charge in [-0.1, -0.05) is 12.2 Å². The fraction of sp³-hybridized carbons (Fsp3) is 0.364. The van der Waals surface area contributed by atoms with E-state index in [-0.39, 0.29) is 11.4 Å². The summed E-state index contributed by atoms with van der Waals surface area (Å²) >= 11 is 4.75. The molecule has 0 aromatic heterocycles. The van der Waals surface area contributed by atoms with Gasteiger partial charge in [-0.3, -0.25) is 10.1 Å². The molecule has 1 aliphatic rings. The van der Waals surface area contributed by atoms with Gasteiger partial charge in [-0.15, -0.1) is 0 Å². The lowest BCUT2D eigenvalue weighted by molar-refractivity contribution is -0.385. The van der Waals surface area contributed by atoms with Crippen molar-refractivity contribution in [3.05, 3.63) is 39.4 Å². The van der Waals surface area contributed by atoms with E-state index in [2.05, 4.69) is 5.32 Å². The molecule has 1 unspecified atom stereocenters. The minimum Gasteiger partial charge on any atom is -0.367 e. The Morgan fingerprint density at radius 2 is 2.05 bits per heavy atom. The molecular formula is C11H8F4N2O2S. The highest BCUT2D eigenvalue weighted by atomic mass is 32.1. The molecule has 1 aliphatic heterocycles. The molecular weight excluding hydrogens is 300 g/mol. The molecule has 1 aromatic carbocycles. The standard InChI is InChI=1S/C11H8F4N2O2S/c12-7-4-5(17(18)19)3-6(9(7)13)10-11(14,15)2-1-8(20)16-10/h3-4,10H,1-2H2,(H,16,20). The predicted octanol–water partition coefficient (Wildman–Crippen LogP) is 3.26. The maximum Gasteiger partial charge on any atom is 0.272 e. The number of hydrogen-bond donors (Lipinski definition) is 1. The summed E-state index contributed by atoms with van der Waals surface area (Å²) in [4.78, 5) is 9.70. The van der Waals surface area contributed by atoms with Crippen LogP contribution in [0.4, 0.5) is 23.2 Å². The Bertz CT molecular complexity index is 594. The molecule has 1 atom stereocenters. The molecule has 0 aliphatic carbocycles. The number of nitro groups is 1. The van der Waals surface area contributed by atoms with Crippen molar-refractivity contribution >= 4 is 22.9 Å². The summed E-state index contributed by atoms with van der Waals surface area (Å²) in [5.41, 5.74) is -1.60. The minimum absolute atomic E-state index is 0.0761. The van der Waals surface area contributed by atoms with Crippen LogP contribution >= 0.6 is 12.2 Å². The highest BCUT2D eigenvalue weighted by Gasteiger charge is 2.46. The van der Waals surface area contributed by atoms with Gasteiger partial charge in [0, 0.05) is 24.5 Å². The molecule has 9 heteroatoms. The molecule has 1 fully saturated rings. The molecule has 0 amide bonds. The highest BCUT2D eigenvalue weighted by molar-refractivity contribution is 7.80. The number of halogens is 4. The fourth-order valence-corrected chi connectivity index (χ4v) is 2.20. The molecule has 108 valence electrons. The van der Waals surface area contributed by atoms with Crippen LogP contribution in [0.15, 0.2) is 12.1 Å². The second-order valence-electron chi connectivity index (χ2n) is 4.35. The van der Waals surface area contributed by atoms with Crippen molar-refractivity contribution in [1.82, 2.24) is 5.32 Å². The molecule has 0 saturated carbocycles. The molecule has 2 rings (SSSR count). The summed E-state index contributed by atoms with van der Waals surface area (Å²) in [6, 6.07) is -0.978. The summed E-state index contributed by atoms with van der Waals surface area (Å²) in [6.07, 6.45) is -0.717. The maximum atomic E-state index is 13.8. The van der Waals surface area contributed by atoms with Crippen LogP contribution in [0, 0.1) is 21.7 Å². The molecule has 20 heavy (non-hydrogen) atoms. The van der Waals surface area contributed by atoms with Crippen molar-refractivity contribution in [1.29, 1.82) is 0 Å². The number of rotatable bonds is 2. The van der Waals surface area contributed by atoms with Crippen molar-refractivity contribution in [3.63, 3.8) is 0 Å². The van der Waals surface area contributed by atoms with Crippen molar-refractivity contribution < 1.29 is 22.5 Å². The number of alkyl halides is 2. The van der Waals surface area contributed by atoms with Gasteiger partial charge in [0.25, 0.3) is 11.6 Å². The van der Waals surface area contributed by atoms with Crippen molar-refractivity contribution in [3.8, 4) is 0 Å². The normalized spacial score (nSPS) is 21.4. The third kappa shape index (κ3) is 2.58. The zero-order chi connectivity index (χ0) is 15.1. The van der Waals surface area contributed by atoms with Gasteiger partial charge >= 0.3 is 0 Å². The Morgan fingerprint density at radius 3 is 2.65 bits per heavy atom. The van der Waals surface area contributed by atoms with Gasteiger partial charge in [0.15, 0.2) is 11.6 Å². The van der Waals surface area contributed by atoms with Crippen LogP contribution < -0.4 is 5.32 Å². The first kappa shape index (κ1) is 14.6. The third-order valence-corrected chi connectivity index (χ3v) is 3.30. The number of non-ortho nitro benzene ring substituents is 1. The predicted molar refractivity (Wildman–Crippen MR) is 65.7 cm³/mol. The quantitative estimate of drug-likeness (QED) is 0.394. The van der Waals surface area contributed by atoms with Crippen LogP contribution in [-0.2, 0) is 0 Å². The van der Waals surface area contributed by atoms with Gasteiger partial charge in [-0.05, 0) is 0 Å². The van der Waals surface area contributed by atoms with Crippen LogP contribution in [0.3, 0.4) is 0 Å².